The van der Waals surface area contributed by atoms with Gasteiger partial charge in [-0.05, 0) is 43.0 Å². The predicted molar refractivity (Wildman–Crippen MR) is 143 cm³/mol. The first-order chi connectivity index (χ1) is 18.0. The summed E-state index contributed by atoms with van der Waals surface area (Å²) in [5, 5.41) is 17.6. The minimum atomic E-state index is -0.818. The van der Waals surface area contributed by atoms with Crippen molar-refractivity contribution in [1.29, 1.82) is 0 Å². The van der Waals surface area contributed by atoms with Gasteiger partial charge in [-0.15, -0.1) is 0 Å². The summed E-state index contributed by atoms with van der Waals surface area (Å²) in [7, 11) is 0. The van der Waals surface area contributed by atoms with E-state index in [1.807, 2.05) is 32.9 Å². The molecule has 202 valence electrons. The number of nitrogens with one attached hydrogen (secondary N) is 1. The molecule has 1 saturated heterocycles. The van der Waals surface area contributed by atoms with E-state index in [0.717, 1.165) is 5.56 Å². The Hall–Kier alpha value is -2.94. The summed E-state index contributed by atoms with van der Waals surface area (Å²) in [6, 6.07) is 10.2. The van der Waals surface area contributed by atoms with E-state index in [2.05, 4.69) is 10.5 Å². The molecule has 2 heterocycles. The fraction of sp³-hybridized carbons (Fsp3) is 0.393. The van der Waals surface area contributed by atoms with Crippen LogP contribution in [0.1, 0.15) is 56.2 Å². The highest BCUT2D eigenvalue weighted by molar-refractivity contribution is 6.39. The summed E-state index contributed by atoms with van der Waals surface area (Å²) >= 11 is 12.4. The molecule has 2 N–H and O–H groups in total. The van der Waals surface area contributed by atoms with Crippen molar-refractivity contribution in [3.63, 3.8) is 0 Å². The highest BCUT2D eigenvalue weighted by Gasteiger charge is 2.43. The molecule has 10 heteroatoms. The number of β-amino-alcohol motifs (C(OH)–C–C–N with tert-alkyl or cyclic N) is 1. The predicted octanol–water partition coefficient (Wildman–Crippen LogP) is 5.67. The van der Waals surface area contributed by atoms with Crippen molar-refractivity contribution < 1.29 is 23.6 Å². The molecule has 2 amide bonds. The third kappa shape index (κ3) is 5.87. The molecule has 4 rings (SSSR count). The summed E-state index contributed by atoms with van der Waals surface area (Å²) in [6.07, 6.45) is -0.663. The lowest BCUT2D eigenvalue weighted by Gasteiger charge is -2.29. The van der Waals surface area contributed by atoms with Gasteiger partial charge in [0.2, 0.25) is 11.8 Å². The Morgan fingerprint density at radius 3 is 2.32 bits per heavy atom. The fourth-order valence-corrected chi connectivity index (χ4v) is 5.58. The summed E-state index contributed by atoms with van der Waals surface area (Å²) in [4.78, 5) is 28.3. The van der Waals surface area contributed by atoms with Gasteiger partial charge in [-0.2, -0.15) is 0 Å². The molecule has 38 heavy (non-hydrogen) atoms. The number of aliphatic hydroxyl groups excluding tert-OH is 1. The molecule has 0 radical (unpaired) electrons. The number of likely N-dealkylation sites (tertiary alicyclic amines) is 1. The molecular formula is C28H30Cl2FN3O4. The van der Waals surface area contributed by atoms with Crippen LogP contribution in [0, 0.1) is 18.7 Å². The Kier molecular flexibility index (Phi) is 8.45. The number of aromatic nitrogens is 1. The van der Waals surface area contributed by atoms with Gasteiger partial charge in [0.1, 0.15) is 23.5 Å². The van der Waals surface area contributed by atoms with Gasteiger partial charge in [-0.25, -0.2) is 4.39 Å². The average Bonchev–Trinajstić information content (AvgIpc) is 3.44. The Morgan fingerprint density at radius 1 is 1.13 bits per heavy atom. The first kappa shape index (κ1) is 28.1. The molecule has 2 aromatic carbocycles. The largest absolute Gasteiger partial charge is 0.391 e. The minimum absolute atomic E-state index is 0.0650. The number of nitrogens with zero attached hydrogens (tertiary/aromatic N) is 2. The van der Waals surface area contributed by atoms with Crippen LogP contribution >= 0.6 is 23.2 Å². The molecule has 1 aliphatic rings. The molecule has 7 nitrogen and oxygen atoms in total. The lowest BCUT2D eigenvalue weighted by atomic mass is 9.91. The second-order valence-corrected chi connectivity index (χ2v) is 10.9. The van der Waals surface area contributed by atoms with Gasteiger partial charge in [0.25, 0.3) is 0 Å². The van der Waals surface area contributed by atoms with Crippen molar-refractivity contribution in [2.24, 2.45) is 5.92 Å². The maximum absolute atomic E-state index is 13.6. The highest BCUT2D eigenvalue weighted by atomic mass is 35.5. The van der Waals surface area contributed by atoms with Gasteiger partial charge in [-0.1, -0.05) is 66.5 Å². The monoisotopic (exact) mass is 561 g/mol. The molecule has 1 aromatic heterocycles. The van der Waals surface area contributed by atoms with Crippen molar-refractivity contribution in [3.8, 4) is 11.1 Å². The zero-order chi connectivity index (χ0) is 27.7. The van der Waals surface area contributed by atoms with Crippen molar-refractivity contribution in [1.82, 2.24) is 15.4 Å². The molecule has 1 aliphatic heterocycles. The van der Waals surface area contributed by atoms with Crippen LogP contribution in [0.5, 0.6) is 0 Å². The van der Waals surface area contributed by atoms with Gasteiger partial charge in [0, 0.05) is 24.6 Å². The Balaban J connectivity index is 1.49. The topological polar surface area (TPSA) is 95.7 Å². The van der Waals surface area contributed by atoms with E-state index >= 15 is 0 Å². The van der Waals surface area contributed by atoms with E-state index in [4.69, 9.17) is 27.7 Å². The maximum atomic E-state index is 13.6. The molecular weight excluding hydrogens is 532 g/mol. The van der Waals surface area contributed by atoms with E-state index in [1.165, 1.54) is 17.0 Å². The number of aliphatic hydroxyl groups is 1. The van der Waals surface area contributed by atoms with Crippen molar-refractivity contribution in [3.05, 3.63) is 75.3 Å². The summed E-state index contributed by atoms with van der Waals surface area (Å²) in [5.41, 5.74) is 2.71. The van der Waals surface area contributed by atoms with Crippen LogP contribution in [0.3, 0.4) is 0 Å². The summed E-state index contributed by atoms with van der Waals surface area (Å²) < 4.78 is 18.9. The highest BCUT2D eigenvalue weighted by Crippen LogP contribution is 2.36. The van der Waals surface area contributed by atoms with Crippen LogP contribution in [0.25, 0.3) is 11.1 Å². The average molecular weight is 562 g/mol. The number of halogens is 3. The second-order valence-electron chi connectivity index (χ2n) is 10.1. The normalized spacial score (nSPS) is 19.0. The molecule has 4 atom stereocenters. The zero-order valence-corrected chi connectivity index (χ0v) is 23.1. The molecule has 3 aromatic rings. The Labute approximate surface area is 230 Å². The number of carbonyl (C=O) groups is 2. The first-order valence-electron chi connectivity index (χ1n) is 12.4. The number of aryl methyl sites for hydroxylation is 1. The number of amides is 2. The Morgan fingerprint density at radius 2 is 1.76 bits per heavy atom. The minimum Gasteiger partial charge on any atom is -0.391 e. The van der Waals surface area contributed by atoms with Crippen LogP contribution in [-0.4, -0.2) is 45.7 Å². The second kappa shape index (κ2) is 11.4. The Bertz CT molecular complexity index is 1300. The summed E-state index contributed by atoms with van der Waals surface area (Å²) in [6.45, 7) is 7.48. The number of carbonyl (C=O) groups excluding carboxylic acids is 2. The van der Waals surface area contributed by atoms with Crippen LogP contribution in [0.2, 0.25) is 10.0 Å². The number of benzene rings is 2. The van der Waals surface area contributed by atoms with E-state index < -0.39 is 23.9 Å². The number of hydrogen-bond acceptors (Lipinski definition) is 5. The van der Waals surface area contributed by atoms with Crippen LogP contribution < -0.4 is 5.32 Å². The smallest absolute Gasteiger partial charge is 0.243 e. The lowest BCUT2D eigenvalue weighted by Crippen LogP contribution is -2.48. The van der Waals surface area contributed by atoms with Crippen molar-refractivity contribution in [2.45, 2.75) is 58.2 Å². The van der Waals surface area contributed by atoms with Crippen LogP contribution in [-0.2, 0) is 9.59 Å². The van der Waals surface area contributed by atoms with Crippen molar-refractivity contribution >= 4 is 35.0 Å². The van der Waals surface area contributed by atoms with E-state index in [0.29, 0.717) is 22.6 Å². The number of rotatable bonds is 7. The van der Waals surface area contributed by atoms with Gasteiger partial charge in [-0.3, -0.25) is 9.59 Å². The van der Waals surface area contributed by atoms with E-state index in [9.17, 15) is 19.1 Å². The molecule has 1 fully saturated rings. The molecule has 0 saturated carbocycles. The van der Waals surface area contributed by atoms with Gasteiger partial charge in [0.15, 0.2) is 0 Å². The standard InChI is InChI=1S/C28H30Cl2FN3O4/c1-14(2)25(24-9-15(3)33-38-24)28(37)34-13-20(35)12-23(34)27(36)32-16(4)17-5-7-18(8-6-17)26-21(29)10-19(31)11-22(26)30/h5-11,14,16,20,23,25,35H,12-13H2,1-4H3,(H,32,36)/t16-,20+,23-,25+/m0/s1. The zero-order valence-electron chi connectivity index (χ0n) is 21.5. The van der Waals surface area contributed by atoms with Crippen molar-refractivity contribution in [2.75, 3.05) is 6.54 Å². The van der Waals surface area contributed by atoms with Crippen LogP contribution in [0.4, 0.5) is 4.39 Å². The van der Waals surface area contributed by atoms with Gasteiger partial charge in [0.05, 0.1) is 27.9 Å². The third-order valence-corrected chi connectivity index (χ3v) is 7.41. The first-order valence-corrected chi connectivity index (χ1v) is 13.2. The molecule has 0 spiro atoms. The van der Waals surface area contributed by atoms with Gasteiger partial charge < -0.3 is 19.8 Å². The lowest BCUT2D eigenvalue weighted by molar-refractivity contribution is -0.141. The molecule has 0 unspecified atom stereocenters. The van der Waals surface area contributed by atoms with E-state index in [-0.39, 0.29) is 46.8 Å². The summed E-state index contributed by atoms with van der Waals surface area (Å²) in [5.74, 6) is -1.43. The fourth-order valence-electron chi connectivity index (χ4n) is 4.90. The SMILES string of the molecule is Cc1cc([C@H](C(=O)N2C[C@H](O)C[C@H]2C(=O)N[C@@H](C)c2ccc(-c3c(Cl)cc(F)cc3Cl)cc2)C(C)C)on1. The van der Waals surface area contributed by atoms with Gasteiger partial charge >= 0.3 is 0 Å². The molecule has 0 aliphatic carbocycles. The quantitative estimate of drug-likeness (QED) is 0.387. The number of hydrogen-bond donors (Lipinski definition) is 2. The van der Waals surface area contributed by atoms with Crippen LogP contribution in [0.15, 0.2) is 47.0 Å². The third-order valence-electron chi connectivity index (χ3n) is 6.82. The molecule has 0 bridgehead atoms. The maximum Gasteiger partial charge on any atom is 0.243 e. The van der Waals surface area contributed by atoms with E-state index in [1.54, 1.807) is 25.1 Å².